The second kappa shape index (κ2) is 9.52. The maximum Gasteiger partial charge on any atom is 0.307 e. The molecule has 1 amide bonds. The Morgan fingerprint density at radius 1 is 0.784 bits per heavy atom. The van der Waals surface area contributed by atoms with Crippen molar-refractivity contribution in [2.45, 2.75) is 112 Å². The van der Waals surface area contributed by atoms with E-state index in [4.69, 9.17) is 14.2 Å². The van der Waals surface area contributed by atoms with Crippen molar-refractivity contribution in [2.24, 2.45) is 0 Å². The normalized spacial score (nSPS) is 38.7. The maximum atomic E-state index is 13.1. The molecule has 4 bridgehead atoms. The summed E-state index contributed by atoms with van der Waals surface area (Å²) in [6, 6.07) is -0.0760. The molecule has 5 aliphatic rings. The molecule has 0 aromatic rings. The first-order valence-corrected chi connectivity index (χ1v) is 13.7. The molecule has 0 aliphatic carbocycles. The standard InChI is InChI=1S/C27H41N3O7/c1-35-21(32)15-25-7-9-26(10-8-25,16-22(33)36-2)29(25)13-4-19-18-30-24(14-20(31)28-19)5-11-27(30,12-6-24)17-23(34)37-3/h19H,4-18H2,1-3H3,(H,28,31). The van der Waals surface area contributed by atoms with Crippen molar-refractivity contribution < 1.29 is 33.4 Å². The molecule has 1 unspecified atom stereocenters. The molecule has 1 N–H and O–H groups in total. The summed E-state index contributed by atoms with van der Waals surface area (Å²) in [5.74, 6) is -0.588. The van der Waals surface area contributed by atoms with Gasteiger partial charge in [0.25, 0.3) is 0 Å². The number of ether oxygens (including phenoxy) is 3. The summed E-state index contributed by atoms with van der Waals surface area (Å²) in [6.07, 6.45) is 9.21. The first-order valence-electron chi connectivity index (χ1n) is 13.7. The highest BCUT2D eigenvalue weighted by Gasteiger charge is 2.63. The molecular weight excluding hydrogens is 478 g/mol. The van der Waals surface area contributed by atoms with E-state index in [1.54, 1.807) is 0 Å². The Morgan fingerprint density at radius 3 is 1.73 bits per heavy atom. The van der Waals surface area contributed by atoms with Gasteiger partial charge in [0, 0.05) is 47.7 Å². The predicted octanol–water partition coefficient (Wildman–Crippen LogP) is 1.69. The number of hydrogen-bond acceptors (Lipinski definition) is 9. The quantitative estimate of drug-likeness (QED) is 0.359. The summed E-state index contributed by atoms with van der Waals surface area (Å²) < 4.78 is 15.1. The molecule has 206 valence electrons. The maximum absolute atomic E-state index is 13.1. The van der Waals surface area contributed by atoms with E-state index in [9.17, 15) is 19.2 Å². The number of amides is 1. The summed E-state index contributed by atoms with van der Waals surface area (Å²) in [6.45, 7) is 1.37. The Labute approximate surface area is 218 Å². The summed E-state index contributed by atoms with van der Waals surface area (Å²) in [4.78, 5) is 55.0. The molecule has 0 radical (unpaired) electrons. The molecule has 0 aromatic carbocycles. The highest BCUT2D eigenvalue weighted by Crippen LogP contribution is 2.58. The van der Waals surface area contributed by atoms with Gasteiger partial charge in [-0.1, -0.05) is 0 Å². The number of hydrogen-bond donors (Lipinski definition) is 1. The minimum atomic E-state index is -0.324. The lowest BCUT2D eigenvalue weighted by molar-refractivity contribution is -0.145. The molecule has 10 heteroatoms. The van der Waals surface area contributed by atoms with Gasteiger partial charge >= 0.3 is 17.9 Å². The van der Waals surface area contributed by atoms with Crippen molar-refractivity contribution in [3.63, 3.8) is 0 Å². The van der Waals surface area contributed by atoms with Crippen LogP contribution in [0, 0.1) is 0 Å². The SMILES string of the molecule is COC(=O)CC12CCC3(CC1)CC(=O)NC(CCN1C4(CC(=O)OC)CCC1(CC(=O)OC)CC4)CN32. The Balaban J connectivity index is 1.35. The molecule has 37 heavy (non-hydrogen) atoms. The smallest absolute Gasteiger partial charge is 0.307 e. The number of nitrogens with one attached hydrogen (secondary N) is 1. The zero-order valence-corrected chi connectivity index (χ0v) is 22.4. The Bertz CT molecular complexity index is 916. The van der Waals surface area contributed by atoms with E-state index < -0.39 is 0 Å². The number of methoxy groups -OCH3 is 3. The lowest BCUT2D eigenvalue weighted by atomic mass is 9.79. The fourth-order valence-corrected chi connectivity index (χ4v) is 8.71. The lowest BCUT2D eigenvalue weighted by Gasteiger charge is -2.41. The van der Waals surface area contributed by atoms with Gasteiger partial charge in [0.1, 0.15) is 0 Å². The van der Waals surface area contributed by atoms with Crippen LogP contribution in [0.4, 0.5) is 0 Å². The van der Waals surface area contributed by atoms with Gasteiger partial charge in [-0.25, -0.2) is 0 Å². The fraction of sp³-hybridized carbons (Fsp3) is 0.852. The molecule has 10 nitrogen and oxygen atoms in total. The second-order valence-corrected chi connectivity index (χ2v) is 12.1. The molecular formula is C27H41N3O7. The van der Waals surface area contributed by atoms with Gasteiger partial charge in [0.05, 0.1) is 40.6 Å². The fourth-order valence-electron chi connectivity index (χ4n) is 8.71. The topological polar surface area (TPSA) is 114 Å². The summed E-state index contributed by atoms with van der Waals surface area (Å²) in [7, 11) is 4.27. The number of rotatable bonds is 9. The molecule has 5 saturated heterocycles. The van der Waals surface area contributed by atoms with Crippen LogP contribution in [0.2, 0.25) is 0 Å². The highest BCUT2D eigenvalue weighted by molar-refractivity contribution is 5.79. The third-order valence-electron chi connectivity index (χ3n) is 10.6. The third kappa shape index (κ3) is 4.33. The van der Waals surface area contributed by atoms with Crippen LogP contribution in [-0.2, 0) is 33.4 Å². The van der Waals surface area contributed by atoms with Crippen molar-refractivity contribution in [1.29, 1.82) is 0 Å². The Kier molecular flexibility index (Phi) is 6.80. The van der Waals surface area contributed by atoms with Crippen LogP contribution in [0.1, 0.15) is 83.5 Å². The molecule has 5 aliphatic heterocycles. The first kappa shape index (κ1) is 26.4. The summed E-state index contributed by atoms with van der Waals surface area (Å²) in [5, 5.41) is 3.27. The van der Waals surface area contributed by atoms with Crippen molar-refractivity contribution in [3.8, 4) is 0 Å². The minimum Gasteiger partial charge on any atom is -0.469 e. The van der Waals surface area contributed by atoms with E-state index in [0.29, 0.717) is 45.2 Å². The molecule has 0 aromatic heterocycles. The van der Waals surface area contributed by atoms with Crippen LogP contribution in [0.15, 0.2) is 0 Å². The van der Waals surface area contributed by atoms with E-state index in [1.807, 2.05) is 0 Å². The molecule has 0 saturated carbocycles. The highest BCUT2D eigenvalue weighted by atomic mass is 16.5. The number of carbonyl (C=O) groups excluding carboxylic acids is 4. The molecule has 5 heterocycles. The number of fused-ring (bicyclic) bond motifs is 2. The van der Waals surface area contributed by atoms with Gasteiger partial charge in [-0.3, -0.25) is 29.0 Å². The van der Waals surface area contributed by atoms with Crippen LogP contribution in [0.3, 0.4) is 0 Å². The predicted molar refractivity (Wildman–Crippen MR) is 132 cm³/mol. The van der Waals surface area contributed by atoms with E-state index >= 15 is 0 Å². The zero-order valence-electron chi connectivity index (χ0n) is 22.4. The minimum absolute atomic E-state index is 0.0706. The Morgan fingerprint density at radius 2 is 1.24 bits per heavy atom. The van der Waals surface area contributed by atoms with Crippen LogP contribution in [0.5, 0.6) is 0 Å². The van der Waals surface area contributed by atoms with Crippen LogP contribution < -0.4 is 5.32 Å². The van der Waals surface area contributed by atoms with E-state index in [0.717, 1.165) is 51.4 Å². The van der Waals surface area contributed by atoms with Gasteiger partial charge in [0.15, 0.2) is 0 Å². The molecule has 1 atom stereocenters. The van der Waals surface area contributed by atoms with Gasteiger partial charge in [-0.05, 0) is 57.8 Å². The van der Waals surface area contributed by atoms with Gasteiger partial charge in [-0.2, -0.15) is 0 Å². The largest absolute Gasteiger partial charge is 0.469 e. The number of nitrogens with zero attached hydrogens (tertiary/aromatic N) is 2. The van der Waals surface area contributed by atoms with Crippen molar-refractivity contribution in [3.05, 3.63) is 0 Å². The van der Waals surface area contributed by atoms with Gasteiger partial charge < -0.3 is 19.5 Å². The van der Waals surface area contributed by atoms with Crippen LogP contribution >= 0.6 is 0 Å². The Hall–Kier alpha value is -2.20. The first-order chi connectivity index (χ1) is 17.6. The molecule has 5 fully saturated rings. The molecule has 5 rings (SSSR count). The summed E-state index contributed by atoms with van der Waals surface area (Å²) >= 11 is 0. The van der Waals surface area contributed by atoms with Crippen LogP contribution in [-0.4, -0.2) is 96.2 Å². The van der Waals surface area contributed by atoms with E-state index in [2.05, 4.69) is 15.1 Å². The molecule has 0 spiro atoms. The third-order valence-corrected chi connectivity index (χ3v) is 10.6. The zero-order chi connectivity index (χ0) is 26.5. The van der Waals surface area contributed by atoms with Crippen molar-refractivity contribution >= 4 is 23.8 Å². The van der Waals surface area contributed by atoms with Crippen molar-refractivity contribution in [1.82, 2.24) is 15.1 Å². The van der Waals surface area contributed by atoms with Crippen LogP contribution in [0.25, 0.3) is 0 Å². The summed E-state index contributed by atoms with van der Waals surface area (Å²) in [5.41, 5.74) is -1.05. The van der Waals surface area contributed by atoms with E-state index in [1.165, 1.54) is 21.3 Å². The van der Waals surface area contributed by atoms with E-state index in [-0.39, 0.29) is 52.0 Å². The number of carbonyl (C=O) groups is 4. The number of esters is 3. The second-order valence-electron chi connectivity index (χ2n) is 12.1. The monoisotopic (exact) mass is 519 g/mol. The van der Waals surface area contributed by atoms with Gasteiger partial charge in [-0.15, -0.1) is 0 Å². The lowest BCUT2D eigenvalue weighted by Crippen LogP contribution is -2.53. The average Bonchev–Trinajstić information content (AvgIpc) is 3.49. The van der Waals surface area contributed by atoms with Crippen molar-refractivity contribution in [2.75, 3.05) is 34.4 Å². The average molecular weight is 520 g/mol. The van der Waals surface area contributed by atoms with Gasteiger partial charge in [0.2, 0.25) is 5.91 Å².